The van der Waals surface area contributed by atoms with Crippen LogP contribution in [-0.4, -0.2) is 53.2 Å². The highest BCUT2D eigenvalue weighted by atomic mass is 16.4. The van der Waals surface area contributed by atoms with E-state index in [0.29, 0.717) is 6.04 Å². The van der Waals surface area contributed by atoms with Gasteiger partial charge in [-0.15, -0.1) is 0 Å². The zero-order valence-electron chi connectivity index (χ0n) is 12.5. The highest BCUT2D eigenvalue weighted by Crippen LogP contribution is 2.24. The van der Waals surface area contributed by atoms with Gasteiger partial charge in [-0.1, -0.05) is 0 Å². The number of nitrogens with zero attached hydrogens (tertiary/aromatic N) is 2. The fourth-order valence-electron chi connectivity index (χ4n) is 2.93. The van der Waals surface area contributed by atoms with Crippen LogP contribution in [0.3, 0.4) is 0 Å². The molecule has 2 heterocycles. The van der Waals surface area contributed by atoms with Gasteiger partial charge in [0, 0.05) is 48.8 Å². The molecule has 0 amide bonds. The number of anilines is 1. The first kappa shape index (κ1) is 13.9. The molecule has 1 aliphatic rings. The first-order valence-electron chi connectivity index (χ1n) is 7.39. The Bertz CT molecular complexity index is 655. The van der Waals surface area contributed by atoms with E-state index in [-0.39, 0.29) is 5.69 Å². The molecule has 0 aliphatic carbocycles. The molecule has 21 heavy (non-hydrogen) atoms. The molecule has 2 N–H and O–H groups in total. The molecule has 0 atom stereocenters. The number of fused-ring (bicyclic) bond motifs is 1. The average molecular weight is 287 g/mol. The fourth-order valence-corrected chi connectivity index (χ4v) is 2.93. The number of piperazine rings is 1. The number of hydrogen-bond donors (Lipinski definition) is 2. The summed E-state index contributed by atoms with van der Waals surface area (Å²) < 4.78 is 0. The third-order valence-electron chi connectivity index (χ3n) is 4.24. The Morgan fingerprint density at radius 2 is 1.90 bits per heavy atom. The van der Waals surface area contributed by atoms with Crippen LogP contribution in [0.1, 0.15) is 24.3 Å². The van der Waals surface area contributed by atoms with Crippen LogP contribution in [0.2, 0.25) is 0 Å². The van der Waals surface area contributed by atoms with Crippen LogP contribution in [0.5, 0.6) is 0 Å². The third kappa shape index (κ3) is 2.74. The van der Waals surface area contributed by atoms with Crippen molar-refractivity contribution in [1.82, 2.24) is 9.88 Å². The SMILES string of the molecule is CC(C)N1CCN(c2ccc3[nH]c(C(=O)O)cc3c2)CC1. The summed E-state index contributed by atoms with van der Waals surface area (Å²) in [6, 6.07) is 8.40. The molecule has 1 aromatic carbocycles. The molecule has 0 radical (unpaired) electrons. The maximum Gasteiger partial charge on any atom is 0.352 e. The molecule has 1 aliphatic heterocycles. The second kappa shape index (κ2) is 5.41. The average Bonchev–Trinajstić information content (AvgIpc) is 2.90. The van der Waals surface area contributed by atoms with E-state index in [1.54, 1.807) is 6.07 Å². The maximum absolute atomic E-state index is 11.0. The van der Waals surface area contributed by atoms with Gasteiger partial charge in [-0.2, -0.15) is 0 Å². The molecule has 0 unspecified atom stereocenters. The summed E-state index contributed by atoms with van der Waals surface area (Å²) >= 11 is 0. The van der Waals surface area contributed by atoms with E-state index in [0.717, 1.165) is 37.1 Å². The lowest BCUT2D eigenvalue weighted by Gasteiger charge is -2.38. The van der Waals surface area contributed by atoms with Gasteiger partial charge in [0.2, 0.25) is 0 Å². The van der Waals surface area contributed by atoms with Crippen LogP contribution in [0.15, 0.2) is 24.3 Å². The summed E-state index contributed by atoms with van der Waals surface area (Å²) in [6.45, 7) is 8.64. The molecule has 1 saturated heterocycles. The first-order chi connectivity index (χ1) is 10.0. The third-order valence-corrected chi connectivity index (χ3v) is 4.24. The number of rotatable bonds is 3. The second-order valence-corrected chi connectivity index (χ2v) is 5.88. The molecule has 0 bridgehead atoms. The molecule has 1 aromatic heterocycles. The number of carboxylic acid groups (broad SMARTS) is 1. The number of carbonyl (C=O) groups is 1. The Labute approximate surface area is 124 Å². The molecule has 1 fully saturated rings. The minimum atomic E-state index is -0.918. The molecule has 2 aromatic rings. The van der Waals surface area contributed by atoms with Crippen molar-refractivity contribution in [3.05, 3.63) is 30.0 Å². The minimum Gasteiger partial charge on any atom is -0.477 e. The zero-order valence-corrected chi connectivity index (χ0v) is 12.5. The molecular weight excluding hydrogens is 266 g/mol. The summed E-state index contributed by atoms with van der Waals surface area (Å²) in [5.41, 5.74) is 2.28. The highest BCUT2D eigenvalue weighted by Gasteiger charge is 2.19. The van der Waals surface area contributed by atoms with Gasteiger partial charge < -0.3 is 15.0 Å². The van der Waals surface area contributed by atoms with Crippen molar-refractivity contribution < 1.29 is 9.90 Å². The lowest BCUT2D eigenvalue weighted by atomic mass is 10.2. The van der Waals surface area contributed by atoms with Crippen molar-refractivity contribution in [2.45, 2.75) is 19.9 Å². The van der Waals surface area contributed by atoms with Gasteiger partial charge >= 0.3 is 5.97 Å². The van der Waals surface area contributed by atoms with Crippen LogP contribution in [-0.2, 0) is 0 Å². The number of benzene rings is 1. The molecule has 3 rings (SSSR count). The molecule has 5 heteroatoms. The summed E-state index contributed by atoms with van der Waals surface area (Å²) in [6.07, 6.45) is 0. The van der Waals surface area contributed by atoms with Crippen molar-refractivity contribution >= 4 is 22.6 Å². The van der Waals surface area contributed by atoms with E-state index >= 15 is 0 Å². The van der Waals surface area contributed by atoms with Gasteiger partial charge in [0.1, 0.15) is 5.69 Å². The van der Waals surface area contributed by atoms with E-state index < -0.39 is 5.97 Å². The smallest absolute Gasteiger partial charge is 0.352 e. The first-order valence-corrected chi connectivity index (χ1v) is 7.39. The zero-order chi connectivity index (χ0) is 15.0. The minimum absolute atomic E-state index is 0.242. The molecule has 112 valence electrons. The number of nitrogens with one attached hydrogen (secondary N) is 1. The van der Waals surface area contributed by atoms with E-state index in [1.165, 1.54) is 5.69 Å². The number of hydrogen-bond acceptors (Lipinski definition) is 3. The fraction of sp³-hybridized carbons (Fsp3) is 0.438. The molecule has 0 saturated carbocycles. The largest absolute Gasteiger partial charge is 0.477 e. The number of aromatic carboxylic acids is 1. The Morgan fingerprint density at radius 3 is 2.52 bits per heavy atom. The van der Waals surface area contributed by atoms with Crippen LogP contribution in [0.25, 0.3) is 10.9 Å². The van der Waals surface area contributed by atoms with Crippen LogP contribution >= 0.6 is 0 Å². The van der Waals surface area contributed by atoms with Gasteiger partial charge in [0.15, 0.2) is 0 Å². The molecule has 0 spiro atoms. The number of H-pyrrole nitrogens is 1. The Kier molecular flexibility index (Phi) is 3.59. The summed E-state index contributed by atoms with van der Waals surface area (Å²) in [5, 5.41) is 9.99. The van der Waals surface area contributed by atoms with Gasteiger partial charge in [0.25, 0.3) is 0 Å². The van der Waals surface area contributed by atoms with Gasteiger partial charge in [-0.05, 0) is 38.1 Å². The van der Waals surface area contributed by atoms with Crippen molar-refractivity contribution in [1.29, 1.82) is 0 Å². The second-order valence-electron chi connectivity index (χ2n) is 5.88. The summed E-state index contributed by atoms with van der Waals surface area (Å²) in [7, 11) is 0. The predicted octanol–water partition coefficient (Wildman–Crippen LogP) is 2.40. The Morgan fingerprint density at radius 1 is 1.19 bits per heavy atom. The Balaban J connectivity index is 1.80. The summed E-state index contributed by atoms with van der Waals surface area (Å²) in [4.78, 5) is 18.8. The highest BCUT2D eigenvalue weighted by molar-refractivity contribution is 5.94. The Hall–Kier alpha value is -2.01. The van der Waals surface area contributed by atoms with Crippen LogP contribution in [0, 0.1) is 0 Å². The van der Waals surface area contributed by atoms with E-state index in [2.05, 4.69) is 40.8 Å². The van der Waals surface area contributed by atoms with Gasteiger partial charge in [0.05, 0.1) is 0 Å². The van der Waals surface area contributed by atoms with Gasteiger partial charge in [-0.25, -0.2) is 4.79 Å². The van der Waals surface area contributed by atoms with Crippen LogP contribution < -0.4 is 4.90 Å². The van der Waals surface area contributed by atoms with Crippen molar-refractivity contribution in [2.24, 2.45) is 0 Å². The molecular formula is C16H21N3O2. The van der Waals surface area contributed by atoms with Crippen molar-refractivity contribution in [3.8, 4) is 0 Å². The lowest BCUT2D eigenvalue weighted by molar-refractivity contribution is 0.0691. The standard InChI is InChI=1S/C16H21N3O2/c1-11(2)18-5-7-19(8-6-18)13-3-4-14-12(9-13)10-15(17-14)16(20)21/h3-4,9-11,17H,5-8H2,1-2H3,(H,20,21). The normalized spacial score (nSPS) is 16.8. The number of aromatic amines is 1. The quantitative estimate of drug-likeness (QED) is 0.910. The monoisotopic (exact) mass is 287 g/mol. The maximum atomic E-state index is 11.0. The lowest BCUT2D eigenvalue weighted by Crippen LogP contribution is -2.48. The van der Waals surface area contributed by atoms with E-state index in [4.69, 9.17) is 5.11 Å². The number of aromatic nitrogens is 1. The van der Waals surface area contributed by atoms with Crippen molar-refractivity contribution in [2.75, 3.05) is 31.1 Å². The predicted molar refractivity (Wildman–Crippen MR) is 84.2 cm³/mol. The number of carboxylic acids is 1. The van der Waals surface area contributed by atoms with E-state index in [1.807, 2.05) is 6.07 Å². The van der Waals surface area contributed by atoms with E-state index in [9.17, 15) is 4.79 Å². The van der Waals surface area contributed by atoms with Crippen LogP contribution in [0.4, 0.5) is 5.69 Å². The molecule has 5 nitrogen and oxygen atoms in total. The topological polar surface area (TPSA) is 59.6 Å². The summed E-state index contributed by atoms with van der Waals surface area (Å²) in [5.74, 6) is -0.918. The van der Waals surface area contributed by atoms with Gasteiger partial charge in [-0.3, -0.25) is 4.90 Å². The van der Waals surface area contributed by atoms with Crippen molar-refractivity contribution in [3.63, 3.8) is 0 Å².